The Balaban J connectivity index is 1.93. The minimum atomic E-state index is -4.39. The van der Waals surface area contributed by atoms with E-state index in [4.69, 9.17) is 14.2 Å². The third-order valence-corrected chi connectivity index (χ3v) is 4.00. The molecule has 0 aliphatic carbocycles. The van der Waals surface area contributed by atoms with Gasteiger partial charge >= 0.3 is 12.2 Å². The molecule has 6 nitrogen and oxygen atoms in total. The quantitative estimate of drug-likeness (QED) is 0.685. The molecule has 0 aliphatic heterocycles. The molecule has 0 radical (unpaired) electrons. The maximum atomic E-state index is 12.6. The second-order valence-corrected chi connectivity index (χ2v) is 5.99. The lowest BCUT2D eigenvalue weighted by molar-refractivity contribution is -0.137. The van der Waals surface area contributed by atoms with Gasteiger partial charge in [0.2, 0.25) is 5.75 Å². The molecule has 0 saturated carbocycles. The summed E-state index contributed by atoms with van der Waals surface area (Å²) in [7, 11) is 3.01. The predicted molar refractivity (Wildman–Crippen MR) is 101 cm³/mol. The van der Waals surface area contributed by atoms with Crippen LogP contribution in [0.15, 0.2) is 36.4 Å². The number of hydrogen-bond donors (Lipinski definition) is 2. The van der Waals surface area contributed by atoms with Crippen LogP contribution in [0.25, 0.3) is 0 Å². The topological polar surface area (TPSA) is 68.8 Å². The van der Waals surface area contributed by atoms with E-state index in [0.717, 1.165) is 17.7 Å². The highest BCUT2D eigenvalue weighted by atomic mass is 19.4. The van der Waals surface area contributed by atoms with Crippen LogP contribution >= 0.6 is 0 Å². The van der Waals surface area contributed by atoms with Gasteiger partial charge in [0.15, 0.2) is 11.5 Å². The molecule has 2 aromatic rings. The molecular weight excluding hydrogens is 389 g/mol. The van der Waals surface area contributed by atoms with Gasteiger partial charge in [-0.15, -0.1) is 0 Å². The normalized spacial score (nSPS) is 11.0. The van der Waals surface area contributed by atoms with Gasteiger partial charge in [0.1, 0.15) is 0 Å². The Morgan fingerprint density at radius 3 is 1.90 bits per heavy atom. The fourth-order valence-electron chi connectivity index (χ4n) is 2.56. The number of ether oxygens (including phenoxy) is 3. The minimum Gasteiger partial charge on any atom is -0.493 e. The molecule has 0 heterocycles. The van der Waals surface area contributed by atoms with E-state index < -0.39 is 17.8 Å². The Morgan fingerprint density at radius 2 is 1.45 bits per heavy atom. The lowest BCUT2D eigenvalue weighted by Crippen LogP contribution is -2.34. The second-order valence-electron chi connectivity index (χ2n) is 5.99. The number of amides is 2. The number of nitrogens with one attached hydrogen (secondary N) is 2. The molecule has 2 N–H and O–H groups in total. The first-order valence-corrected chi connectivity index (χ1v) is 8.84. The average molecular weight is 412 g/mol. The van der Waals surface area contributed by atoms with Gasteiger partial charge in [-0.05, 0) is 42.3 Å². The van der Waals surface area contributed by atoms with Gasteiger partial charge in [0.05, 0.1) is 26.4 Å². The van der Waals surface area contributed by atoms with E-state index in [1.165, 1.54) is 26.4 Å². The van der Waals surface area contributed by atoms with Crippen molar-refractivity contribution in [1.82, 2.24) is 10.6 Å². The number of halogens is 3. The lowest BCUT2D eigenvalue weighted by Gasteiger charge is -2.15. The van der Waals surface area contributed by atoms with Gasteiger partial charge in [-0.2, -0.15) is 13.2 Å². The number of urea groups is 1. The SMILES string of the molecule is CCOc1c(OC)cc(CNC(=O)NCc2ccc(C(F)(F)F)cc2)cc1OC. The number of benzene rings is 2. The molecule has 9 heteroatoms. The lowest BCUT2D eigenvalue weighted by atomic mass is 10.1. The fraction of sp³-hybridized carbons (Fsp3) is 0.350. The van der Waals surface area contributed by atoms with Crippen molar-refractivity contribution in [3.05, 3.63) is 53.1 Å². The van der Waals surface area contributed by atoms with Crippen LogP contribution in [0.3, 0.4) is 0 Å². The highest BCUT2D eigenvalue weighted by Crippen LogP contribution is 2.38. The molecule has 158 valence electrons. The summed E-state index contributed by atoms with van der Waals surface area (Å²) in [5.74, 6) is 1.44. The van der Waals surface area contributed by atoms with Gasteiger partial charge in [-0.1, -0.05) is 12.1 Å². The molecular formula is C20H23F3N2O4. The van der Waals surface area contributed by atoms with E-state index in [-0.39, 0.29) is 13.1 Å². The van der Waals surface area contributed by atoms with Crippen molar-refractivity contribution in [2.75, 3.05) is 20.8 Å². The Bertz CT molecular complexity index is 798. The third-order valence-electron chi connectivity index (χ3n) is 4.00. The summed E-state index contributed by atoms with van der Waals surface area (Å²) < 4.78 is 53.9. The highest BCUT2D eigenvalue weighted by Gasteiger charge is 2.29. The molecule has 0 bridgehead atoms. The van der Waals surface area contributed by atoms with Crippen LogP contribution in [0.4, 0.5) is 18.0 Å². The fourth-order valence-corrected chi connectivity index (χ4v) is 2.56. The zero-order valence-electron chi connectivity index (χ0n) is 16.4. The summed E-state index contributed by atoms with van der Waals surface area (Å²) in [5.41, 5.74) is 0.550. The maximum Gasteiger partial charge on any atom is 0.416 e. The molecule has 0 aromatic heterocycles. The molecule has 29 heavy (non-hydrogen) atoms. The highest BCUT2D eigenvalue weighted by molar-refractivity contribution is 5.74. The number of methoxy groups -OCH3 is 2. The molecule has 0 spiro atoms. The first-order valence-electron chi connectivity index (χ1n) is 8.84. The van der Waals surface area contributed by atoms with Crippen LogP contribution in [0.2, 0.25) is 0 Å². The van der Waals surface area contributed by atoms with Crippen molar-refractivity contribution in [1.29, 1.82) is 0 Å². The van der Waals surface area contributed by atoms with Crippen molar-refractivity contribution in [2.24, 2.45) is 0 Å². The molecule has 0 atom stereocenters. The van der Waals surface area contributed by atoms with Gasteiger partial charge in [0, 0.05) is 13.1 Å². The van der Waals surface area contributed by atoms with E-state index in [1.807, 2.05) is 6.92 Å². The van der Waals surface area contributed by atoms with E-state index in [9.17, 15) is 18.0 Å². The van der Waals surface area contributed by atoms with E-state index in [0.29, 0.717) is 29.4 Å². The molecule has 0 saturated heterocycles. The van der Waals surface area contributed by atoms with E-state index in [2.05, 4.69) is 10.6 Å². The van der Waals surface area contributed by atoms with Gasteiger partial charge < -0.3 is 24.8 Å². The van der Waals surface area contributed by atoms with Crippen molar-refractivity contribution >= 4 is 6.03 Å². The van der Waals surface area contributed by atoms with Crippen molar-refractivity contribution in [2.45, 2.75) is 26.2 Å². The second kappa shape index (κ2) is 9.90. The first kappa shape index (κ1) is 22.2. The Labute approximate surface area is 167 Å². The summed E-state index contributed by atoms with van der Waals surface area (Å²) in [6, 6.07) is 7.60. The summed E-state index contributed by atoms with van der Waals surface area (Å²) in [4.78, 5) is 12.0. The molecule has 0 aliphatic rings. The van der Waals surface area contributed by atoms with E-state index >= 15 is 0 Å². The molecule has 2 amide bonds. The summed E-state index contributed by atoms with van der Waals surface area (Å²) in [5, 5.41) is 5.27. The Kier molecular flexibility index (Phi) is 7.58. The molecule has 2 aromatic carbocycles. The van der Waals surface area contributed by atoms with E-state index in [1.54, 1.807) is 12.1 Å². The predicted octanol–water partition coefficient (Wildman–Crippen LogP) is 4.12. The van der Waals surface area contributed by atoms with Gasteiger partial charge in [-0.25, -0.2) is 4.79 Å². The smallest absolute Gasteiger partial charge is 0.416 e. The van der Waals surface area contributed by atoms with Crippen molar-refractivity contribution in [3.63, 3.8) is 0 Å². The molecule has 0 unspecified atom stereocenters. The van der Waals surface area contributed by atoms with Crippen molar-refractivity contribution < 1.29 is 32.2 Å². The molecule has 0 fully saturated rings. The summed E-state index contributed by atoms with van der Waals surface area (Å²) >= 11 is 0. The summed E-state index contributed by atoms with van der Waals surface area (Å²) in [6.07, 6.45) is -4.39. The monoisotopic (exact) mass is 412 g/mol. The van der Waals surface area contributed by atoms with Crippen LogP contribution in [-0.4, -0.2) is 26.9 Å². The maximum absolute atomic E-state index is 12.6. The largest absolute Gasteiger partial charge is 0.493 e. The minimum absolute atomic E-state index is 0.0971. The Morgan fingerprint density at radius 1 is 0.931 bits per heavy atom. The number of carbonyl (C=O) groups is 1. The van der Waals surface area contributed by atoms with Crippen LogP contribution in [0, 0.1) is 0 Å². The van der Waals surface area contributed by atoms with Gasteiger partial charge in [-0.3, -0.25) is 0 Å². The standard InChI is InChI=1S/C20H23F3N2O4/c1-4-29-18-16(27-2)9-14(10-17(18)28-3)12-25-19(26)24-11-13-5-7-15(8-6-13)20(21,22)23/h5-10H,4,11-12H2,1-3H3,(H2,24,25,26). The number of carbonyl (C=O) groups excluding carboxylic acids is 1. The number of rotatable bonds is 8. The summed E-state index contributed by atoms with van der Waals surface area (Å²) in [6.45, 7) is 2.57. The third kappa shape index (κ3) is 6.20. The van der Waals surface area contributed by atoms with Crippen molar-refractivity contribution in [3.8, 4) is 17.2 Å². The van der Waals surface area contributed by atoms with Crippen LogP contribution in [0.5, 0.6) is 17.2 Å². The first-order chi connectivity index (χ1) is 13.8. The number of hydrogen-bond acceptors (Lipinski definition) is 4. The van der Waals surface area contributed by atoms with Crippen LogP contribution < -0.4 is 24.8 Å². The van der Waals surface area contributed by atoms with Gasteiger partial charge in [0.25, 0.3) is 0 Å². The van der Waals surface area contributed by atoms with Crippen LogP contribution in [0.1, 0.15) is 23.6 Å². The Hall–Kier alpha value is -3.10. The molecule has 2 rings (SSSR count). The average Bonchev–Trinajstić information content (AvgIpc) is 2.70. The zero-order chi connectivity index (χ0) is 21.4. The van der Waals surface area contributed by atoms with Crippen LogP contribution in [-0.2, 0) is 19.3 Å². The zero-order valence-corrected chi connectivity index (χ0v) is 16.4. The number of alkyl halides is 3.